The highest BCUT2D eigenvalue weighted by atomic mass is 35.5. The van der Waals surface area contributed by atoms with E-state index < -0.39 is 21.8 Å². The molecule has 0 spiro atoms. The second kappa shape index (κ2) is 7.73. The number of allylic oxidation sites excluding steroid dienone is 1. The predicted molar refractivity (Wildman–Crippen MR) is 94.1 cm³/mol. The van der Waals surface area contributed by atoms with Crippen molar-refractivity contribution >= 4 is 45.9 Å². The Morgan fingerprint density at radius 3 is 2.54 bits per heavy atom. The number of aromatic nitrogens is 1. The number of benzene rings is 1. The zero-order valence-electron chi connectivity index (χ0n) is 13.3. The van der Waals surface area contributed by atoms with Gasteiger partial charge < -0.3 is 14.4 Å². The van der Waals surface area contributed by atoms with Crippen LogP contribution in [0.15, 0.2) is 34.5 Å². The van der Waals surface area contributed by atoms with Gasteiger partial charge in [0.15, 0.2) is 0 Å². The fourth-order valence-corrected chi connectivity index (χ4v) is 2.68. The summed E-state index contributed by atoms with van der Waals surface area (Å²) >= 11 is 11.5. The number of halogens is 2. The minimum Gasteiger partial charge on any atom is -0.497 e. The molecule has 0 atom stereocenters. The molecule has 0 unspecified atom stereocenters. The number of unbranched alkanes of at least 4 members (excludes halogenated alkanes) is 1. The number of hydrogen-bond acceptors (Lipinski definition) is 3. The van der Waals surface area contributed by atoms with E-state index in [0.717, 1.165) is 24.9 Å². The molecule has 0 fully saturated rings. The van der Waals surface area contributed by atoms with Crippen molar-refractivity contribution in [3.63, 3.8) is 0 Å². The summed E-state index contributed by atoms with van der Waals surface area (Å²) in [5.74, 6) is -1.48. The van der Waals surface area contributed by atoms with Gasteiger partial charge in [-0.05, 0) is 24.6 Å². The minimum absolute atomic E-state index is 0.296. The Bertz CT molecular complexity index is 823. The lowest BCUT2D eigenvalue weighted by Gasteiger charge is -2.04. The standard InChI is InChI=1S/C17H17Cl2NO4/c1-3-4-7-20-9-12(16(21)14(18)15(19)17(22)23)11-8-10(24-2)5-6-13(11)20/h5-6,8-9H,3-4,7H2,1-2H3,(H,22,23). The smallest absolute Gasteiger partial charge is 0.349 e. The topological polar surface area (TPSA) is 68.5 Å². The second-order valence-electron chi connectivity index (χ2n) is 5.24. The van der Waals surface area contributed by atoms with Crippen LogP contribution in [0.25, 0.3) is 10.9 Å². The summed E-state index contributed by atoms with van der Waals surface area (Å²) in [6.07, 6.45) is 3.63. The van der Waals surface area contributed by atoms with Crippen molar-refractivity contribution in [2.24, 2.45) is 0 Å². The number of carboxylic acids is 1. The highest BCUT2D eigenvalue weighted by Gasteiger charge is 2.23. The maximum Gasteiger partial charge on any atom is 0.349 e. The fraction of sp³-hybridized carbons (Fsp3) is 0.294. The molecular formula is C17H17Cl2NO4. The van der Waals surface area contributed by atoms with E-state index in [0.29, 0.717) is 16.7 Å². The van der Waals surface area contributed by atoms with E-state index in [1.54, 1.807) is 18.3 Å². The van der Waals surface area contributed by atoms with Crippen LogP contribution >= 0.6 is 23.2 Å². The Balaban J connectivity index is 2.62. The van der Waals surface area contributed by atoms with Crippen LogP contribution < -0.4 is 4.74 Å². The van der Waals surface area contributed by atoms with E-state index in [2.05, 4.69) is 6.92 Å². The molecule has 1 aromatic carbocycles. The van der Waals surface area contributed by atoms with Crippen molar-refractivity contribution in [1.82, 2.24) is 4.57 Å². The Labute approximate surface area is 149 Å². The number of Topliss-reactive ketones (excluding diaryl/α,β-unsaturated/α-hetero) is 1. The van der Waals surface area contributed by atoms with Crippen LogP contribution in [-0.4, -0.2) is 28.5 Å². The number of fused-ring (bicyclic) bond motifs is 1. The maximum absolute atomic E-state index is 12.6. The Morgan fingerprint density at radius 2 is 1.96 bits per heavy atom. The summed E-state index contributed by atoms with van der Waals surface area (Å²) in [5, 5.41) is 8.35. The molecule has 2 aromatic rings. The number of ketones is 1. The van der Waals surface area contributed by atoms with Gasteiger partial charge >= 0.3 is 5.97 Å². The molecule has 1 N–H and O–H groups in total. The Morgan fingerprint density at radius 1 is 1.25 bits per heavy atom. The average molecular weight is 370 g/mol. The molecule has 1 heterocycles. The molecule has 0 aliphatic rings. The van der Waals surface area contributed by atoms with Crippen LogP contribution in [0.1, 0.15) is 30.1 Å². The monoisotopic (exact) mass is 369 g/mol. The summed E-state index contributed by atoms with van der Waals surface area (Å²) in [4.78, 5) is 23.5. The van der Waals surface area contributed by atoms with E-state index in [1.165, 1.54) is 7.11 Å². The van der Waals surface area contributed by atoms with Gasteiger partial charge in [0.05, 0.1) is 7.11 Å². The van der Waals surface area contributed by atoms with E-state index in [-0.39, 0.29) is 0 Å². The third-order valence-corrected chi connectivity index (χ3v) is 4.47. The van der Waals surface area contributed by atoms with Gasteiger partial charge in [-0.25, -0.2) is 4.79 Å². The van der Waals surface area contributed by atoms with Gasteiger partial charge in [0.1, 0.15) is 15.8 Å². The van der Waals surface area contributed by atoms with Gasteiger partial charge in [-0.15, -0.1) is 0 Å². The van der Waals surface area contributed by atoms with Crippen LogP contribution in [0.3, 0.4) is 0 Å². The molecule has 2 rings (SSSR count). The fourth-order valence-electron chi connectivity index (χ4n) is 2.41. The largest absolute Gasteiger partial charge is 0.497 e. The molecule has 0 bridgehead atoms. The summed E-state index contributed by atoms with van der Waals surface area (Å²) < 4.78 is 7.16. The van der Waals surface area contributed by atoms with Crippen molar-refractivity contribution in [3.05, 3.63) is 40.0 Å². The first-order chi connectivity index (χ1) is 11.4. The van der Waals surface area contributed by atoms with E-state index in [1.807, 2.05) is 10.6 Å². The van der Waals surface area contributed by atoms with Gasteiger partial charge in [0.2, 0.25) is 5.78 Å². The minimum atomic E-state index is -1.44. The molecule has 0 radical (unpaired) electrons. The second-order valence-corrected chi connectivity index (χ2v) is 5.99. The molecule has 1 aromatic heterocycles. The van der Waals surface area contributed by atoms with E-state index >= 15 is 0 Å². The number of rotatable bonds is 7. The quantitative estimate of drug-likeness (QED) is 0.579. The number of ether oxygens (including phenoxy) is 1. The molecule has 7 heteroatoms. The van der Waals surface area contributed by atoms with Crippen molar-refractivity contribution in [2.75, 3.05) is 7.11 Å². The zero-order chi connectivity index (χ0) is 17.9. The van der Waals surface area contributed by atoms with E-state index in [4.69, 9.17) is 33.0 Å². The number of carbonyl (C=O) groups is 2. The highest BCUT2D eigenvalue weighted by Crippen LogP contribution is 2.30. The SMILES string of the molecule is CCCCn1cc(C(=O)C(Cl)=C(Cl)C(=O)O)c2cc(OC)ccc21. The number of aryl methyl sites for hydroxylation is 1. The van der Waals surface area contributed by atoms with Gasteiger partial charge in [-0.1, -0.05) is 36.5 Å². The van der Waals surface area contributed by atoms with E-state index in [9.17, 15) is 9.59 Å². The van der Waals surface area contributed by atoms with Crippen molar-refractivity contribution < 1.29 is 19.4 Å². The lowest BCUT2D eigenvalue weighted by atomic mass is 10.1. The summed E-state index contributed by atoms with van der Waals surface area (Å²) in [5.41, 5.74) is 1.15. The zero-order valence-corrected chi connectivity index (χ0v) is 14.8. The summed E-state index contributed by atoms with van der Waals surface area (Å²) in [6.45, 7) is 2.81. The lowest BCUT2D eigenvalue weighted by Crippen LogP contribution is -2.05. The molecule has 128 valence electrons. The van der Waals surface area contributed by atoms with Crippen molar-refractivity contribution in [3.8, 4) is 5.75 Å². The van der Waals surface area contributed by atoms with Gasteiger partial charge in [0.25, 0.3) is 0 Å². The third-order valence-electron chi connectivity index (χ3n) is 3.67. The van der Waals surface area contributed by atoms with Gasteiger partial charge in [-0.2, -0.15) is 0 Å². The number of aliphatic carboxylic acids is 1. The van der Waals surface area contributed by atoms with Crippen molar-refractivity contribution in [1.29, 1.82) is 0 Å². The number of carbonyl (C=O) groups excluding carboxylic acids is 1. The number of nitrogens with zero attached hydrogens (tertiary/aromatic N) is 1. The lowest BCUT2D eigenvalue weighted by molar-refractivity contribution is -0.131. The predicted octanol–water partition coefficient (Wildman–Crippen LogP) is 4.41. The molecule has 5 nitrogen and oxygen atoms in total. The van der Waals surface area contributed by atoms with Gasteiger partial charge in [0, 0.05) is 29.2 Å². The molecule has 0 amide bonds. The Kier molecular flexibility index (Phi) is 5.91. The first-order valence-corrected chi connectivity index (χ1v) is 8.16. The molecular weight excluding hydrogens is 353 g/mol. The molecule has 0 aliphatic carbocycles. The molecule has 0 saturated carbocycles. The number of carboxylic acid groups (broad SMARTS) is 1. The highest BCUT2D eigenvalue weighted by molar-refractivity contribution is 6.55. The summed E-state index contributed by atoms with van der Waals surface area (Å²) in [7, 11) is 1.53. The Hall–Kier alpha value is -1.98. The molecule has 24 heavy (non-hydrogen) atoms. The van der Waals surface area contributed by atoms with Crippen LogP contribution in [0.4, 0.5) is 0 Å². The van der Waals surface area contributed by atoms with Crippen molar-refractivity contribution in [2.45, 2.75) is 26.3 Å². The first-order valence-electron chi connectivity index (χ1n) is 7.40. The summed E-state index contributed by atoms with van der Waals surface area (Å²) in [6, 6.07) is 5.39. The van der Waals surface area contributed by atoms with Crippen LogP contribution in [0.5, 0.6) is 5.75 Å². The van der Waals surface area contributed by atoms with Crippen LogP contribution in [0, 0.1) is 0 Å². The third kappa shape index (κ3) is 3.57. The van der Waals surface area contributed by atoms with Crippen LogP contribution in [0.2, 0.25) is 0 Å². The maximum atomic E-state index is 12.6. The number of methoxy groups -OCH3 is 1. The number of hydrogen-bond donors (Lipinski definition) is 1. The molecule has 0 aliphatic heterocycles. The molecule has 0 saturated heterocycles. The first kappa shape index (κ1) is 18.4. The van der Waals surface area contributed by atoms with Crippen LogP contribution in [-0.2, 0) is 11.3 Å². The average Bonchev–Trinajstić information content (AvgIpc) is 2.95. The van der Waals surface area contributed by atoms with Gasteiger partial charge in [-0.3, -0.25) is 4.79 Å². The normalized spacial score (nSPS) is 12.2.